The summed E-state index contributed by atoms with van der Waals surface area (Å²) in [6, 6.07) is 3.48. The summed E-state index contributed by atoms with van der Waals surface area (Å²) >= 11 is 0. The number of carbonyl (C=O) groups excluding carboxylic acids is 1. The van der Waals surface area contributed by atoms with E-state index in [2.05, 4.69) is 10.3 Å². The van der Waals surface area contributed by atoms with Gasteiger partial charge in [0.2, 0.25) is 0 Å². The second kappa shape index (κ2) is 7.35. The van der Waals surface area contributed by atoms with Crippen LogP contribution in [0.5, 0.6) is 0 Å². The number of carboxylic acid groups (broad SMARTS) is 1. The number of nitrogens with zero attached hydrogens (tertiary/aromatic N) is 2. The molecule has 104 valence electrons. The first-order chi connectivity index (χ1) is 9.00. The Morgan fingerprint density at radius 2 is 2.11 bits per heavy atom. The summed E-state index contributed by atoms with van der Waals surface area (Å²) in [5.74, 6) is -0.919. The summed E-state index contributed by atoms with van der Waals surface area (Å²) < 4.78 is 0. The molecular weight excluding hydrogens is 246 g/mol. The monoisotopic (exact) mass is 265 g/mol. The van der Waals surface area contributed by atoms with Crippen molar-refractivity contribution in [2.45, 2.75) is 19.3 Å². The van der Waals surface area contributed by atoms with Crippen LogP contribution >= 0.6 is 0 Å². The van der Waals surface area contributed by atoms with Crippen LogP contribution in [0.3, 0.4) is 0 Å². The predicted molar refractivity (Wildman–Crippen MR) is 72.2 cm³/mol. The van der Waals surface area contributed by atoms with Gasteiger partial charge >= 0.3 is 5.97 Å². The van der Waals surface area contributed by atoms with Gasteiger partial charge in [-0.05, 0) is 25.0 Å². The molecule has 0 spiro atoms. The van der Waals surface area contributed by atoms with Crippen molar-refractivity contribution in [3.05, 3.63) is 24.0 Å². The van der Waals surface area contributed by atoms with Crippen molar-refractivity contribution < 1.29 is 14.7 Å². The van der Waals surface area contributed by atoms with E-state index in [1.54, 1.807) is 32.4 Å². The van der Waals surface area contributed by atoms with Crippen molar-refractivity contribution >= 4 is 17.6 Å². The molecule has 0 fully saturated rings. The maximum Gasteiger partial charge on any atom is 0.303 e. The summed E-state index contributed by atoms with van der Waals surface area (Å²) in [6.45, 7) is 0.674. The van der Waals surface area contributed by atoms with Gasteiger partial charge in [-0.25, -0.2) is 0 Å². The van der Waals surface area contributed by atoms with Crippen molar-refractivity contribution in [1.82, 2.24) is 9.88 Å². The minimum atomic E-state index is -0.775. The number of amides is 1. The van der Waals surface area contributed by atoms with Crippen LogP contribution in [-0.2, 0) is 4.79 Å². The number of unbranched alkanes of at least 4 members (excludes halogenated alkanes) is 1. The quantitative estimate of drug-likeness (QED) is 0.729. The molecule has 1 rings (SSSR count). The van der Waals surface area contributed by atoms with Gasteiger partial charge in [0.1, 0.15) is 5.69 Å². The number of pyridine rings is 1. The topological polar surface area (TPSA) is 82.5 Å². The number of carboxylic acids is 1. The van der Waals surface area contributed by atoms with Crippen LogP contribution in [0.25, 0.3) is 0 Å². The summed E-state index contributed by atoms with van der Waals surface area (Å²) in [7, 11) is 3.35. The largest absolute Gasteiger partial charge is 0.481 e. The lowest BCUT2D eigenvalue weighted by Gasteiger charge is -2.11. The van der Waals surface area contributed by atoms with Crippen LogP contribution in [0.4, 0.5) is 5.69 Å². The van der Waals surface area contributed by atoms with Gasteiger partial charge in [0, 0.05) is 38.9 Å². The molecule has 6 nitrogen and oxygen atoms in total. The lowest BCUT2D eigenvalue weighted by molar-refractivity contribution is -0.137. The molecule has 0 bridgehead atoms. The third kappa shape index (κ3) is 5.37. The third-order valence-electron chi connectivity index (χ3n) is 2.53. The second-order valence-electron chi connectivity index (χ2n) is 4.41. The fourth-order valence-electron chi connectivity index (χ4n) is 1.52. The van der Waals surface area contributed by atoms with Gasteiger partial charge in [-0.3, -0.25) is 14.6 Å². The minimum absolute atomic E-state index is 0.144. The van der Waals surface area contributed by atoms with Crippen LogP contribution < -0.4 is 5.32 Å². The van der Waals surface area contributed by atoms with E-state index in [4.69, 9.17) is 5.11 Å². The van der Waals surface area contributed by atoms with Crippen molar-refractivity contribution in [1.29, 1.82) is 0 Å². The molecule has 0 unspecified atom stereocenters. The van der Waals surface area contributed by atoms with Crippen LogP contribution in [0.2, 0.25) is 0 Å². The first kappa shape index (κ1) is 14.9. The van der Waals surface area contributed by atoms with Crippen LogP contribution in [0.15, 0.2) is 18.3 Å². The fraction of sp³-hybridized carbons (Fsp3) is 0.462. The molecule has 19 heavy (non-hydrogen) atoms. The molecule has 0 aromatic carbocycles. The zero-order valence-electron chi connectivity index (χ0n) is 11.2. The van der Waals surface area contributed by atoms with Crippen LogP contribution in [0, 0.1) is 0 Å². The Hall–Kier alpha value is -2.11. The summed E-state index contributed by atoms with van der Waals surface area (Å²) in [4.78, 5) is 27.6. The zero-order valence-corrected chi connectivity index (χ0v) is 11.2. The second-order valence-corrected chi connectivity index (χ2v) is 4.41. The van der Waals surface area contributed by atoms with Crippen molar-refractivity contribution in [3.8, 4) is 0 Å². The number of hydrogen-bond donors (Lipinski definition) is 2. The van der Waals surface area contributed by atoms with Gasteiger partial charge in [-0.15, -0.1) is 0 Å². The molecule has 0 aliphatic rings. The molecular formula is C13H19N3O3. The number of aliphatic carboxylic acids is 1. The molecule has 0 atom stereocenters. The van der Waals surface area contributed by atoms with Crippen molar-refractivity contribution in [2.75, 3.05) is 26.0 Å². The van der Waals surface area contributed by atoms with Gasteiger partial charge in [0.05, 0.1) is 0 Å². The van der Waals surface area contributed by atoms with Crippen molar-refractivity contribution in [2.24, 2.45) is 0 Å². The first-order valence-electron chi connectivity index (χ1n) is 6.14. The predicted octanol–water partition coefficient (Wildman–Crippen LogP) is 1.45. The highest BCUT2D eigenvalue weighted by Crippen LogP contribution is 2.09. The standard InChI is InChI=1S/C13H19N3O3/c1-16(2)13(19)11-9-10(6-8-15-11)14-7-4-3-5-12(17)18/h6,8-9H,3-5,7H2,1-2H3,(H,14,15)(H,17,18). The lowest BCUT2D eigenvalue weighted by atomic mass is 10.2. The van der Waals surface area contributed by atoms with E-state index in [0.29, 0.717) is 18.7 Å². The fourth-order valence-corrected chi connectivity index (χ4v) is 1.52. The molecule has 0 aliphatic carbocycles. The summed E-state index contributed by atoms with van der Waals surface area (Å²) in [5, 5.41) is 11.7. The average Bonchev–Trinajstić information content (AvgIpc) is 2.37. The Balaban J connectivity index is 2.44. The highest BCUT2D eigenvalue weighted by molar-refractivity contribution is 5.92. The number of hydrogen-bond acceptors (Lipinski definition) is 4. The minimum Gasteiger partial charge on any atom is -0.481 e. The molecule has 1 amide bonds. The Kier molecular flexibility index (Phi) is 5.78. The van der Waals surface area contributed by atoms with Gasteiger partial charge in [-0.2, -0.15) is 0 Å². The zero-order chi connectivity index (χ0) is 14.3. The van der Waals surface area contributed by atoms with E-state index in [1.165, 1.54) is 4.90 Å². The molecule has 1 aromatic heterocycles. The lowest BCUT2D eigenvalue weighted by Crippen LogP contribution is -2.22. The van der Waals surface area contributed by atoms with E-state index < -0.39 is 5.97 Å². The Labute approximate surface area is 112 Å². The van der Waals surface area contributed by atoms with Gasteiger partial charge in [0.25, 0.3) is 5.91 Å². The molecule has 0 radical (unpaired) electrons. The molecule has 1 aromatic rings. The normalized spacial score (nSPS) is 10.0. The highest BCUT2D eigenvalue weighted by Gasteiger charge is 2.09. The Bertz CT molecular complexity index is 447. The number of anilines is 1. The highest BCUT2D eigenvalue weighted by atomic mass is 16.4. The van der Waals surface area contributed by atoms with E-state index in [1.807, 2.05) is 0 Å². The maximum absolute atomic E-state index is 11.7. The summed E-state index contributed by atoms with van der Waals surface area (Å²) in [6.07, 6.45) is 3.17. The van der Waals surface area contributed by atoms with Crippen molar-refractivity contribution in [3.63, 3.8) is 0 Å². The van der Waals surface area contributed by atoms with Gasteiger partial charge < -0.3 is 15.3 Å². The summed E-state index contributed by atoms with van der Waals surface area (Å²) in [5.41, 5.74) is 1.20. The number of nitrogens with one attached hydrogen (secondary N) is 1. The number of rotatable bonds is 7. The Morgan fingerprint density at radius 1 is 1.37 bits per heavy atom. The molecule has 2 N–H and O–H groups in total. The molecule has 0 saturated heterocycles. The van der Waals surface area contributed by atoms with E-state index in [9.17, 15) is 9.59 Å². The number of carbonyl (C=O) groups is 2. The molecule has 6 heteroatoms. The van der Waals surface area contributed by atoms with E-state index >= 15 is 0 Å². The first-order valence-corrected chi connectivity index (χ1v) is 6.14. The van der Waals surface area contributed by atoms with E-state index in [0.717, 1.165) is 12.1 Å². The third-order valence-corrected chi connectivity index (χ3v) is 2.53. The van der Waals surface area contributed by atoms with Gasteiger partial charge in [0.15, 0.2) is 0 Å². The average molecular weight is 265 g/mol. The van der Waals surface area contributed by atoms with E-state index in [-0.39, 0.29) is 12.3 Å². The molecule has 0 aliphatic heterocycles. The van der Waals surface area contributed by atoms with Crippen LogP contribution in [-0.4, -0.2) is 47.5 Å². The van der Waals surface area contributed by atoms with Crippen LogP contribution in [0.1, 0.15) is 29.8 Å². The maximum atomic E-state index is 11.7. The molecule has 1 heterocycles. The SMILES string of the molecule is CN(C)C(=O)c1cc(NCCCCC(=O)O)ccn1. The van der Waals surface area contributed by atoms with Gasteiger partial charge in [-0.1, -0.05) is 0 Å². The molecule has 0 saturated carbocycles. The smallest absolute Gasteiger partial charge is 0.303 e. The number of aromatic nitrogens is 1. The Morgan fingerprint density at radius 3 is 2.74 bits per heavy atom.